The first-order chi connectivity index (χ1) is 14.8. The van der Waals surface area contributed by atoms with E-state index in [-0.39, 0.29) is 0 Å². The highest BCUT2D eigenvalue weighted by Gasteiger charge is 2.47. The van der Waals surface area contributed by atoms with E-state index >= 15 is 0 Å². The number of hydrogen-bond donors (Lipinski definition) is 0. The molecule has 1 saturated carbocycles. The smallest absolute Gasteiger partial charge is 0.227 e. The van der Waals surface area contributed by atoms with E-state index < -0.39 is 0 Å². The zero-order valence-electron chi connectivity index (χ0n) is 18.4. The highest BCUT2D eigenvalue weighted by atomic mass is 15.3. The second kappa shape index (κ2) is 7.77. The Balaban J connectivity index is 1.27. The van der Waals surface area contributed by atoms with Crippen molar-refractivity contribution < 1.29 is 0 Å². The van der Waals surface area contributed by atoms with Crippen LogP contribution in [0.1, 0.15) is 64.2 Å². The Labute approximate surface area is 180 Å². The summed E-state index contributed by atoms with van der Waals surface area (Å²) >= 11 is 0. The number of aromatic nitrogens is 4. The molecule has 5 heterocycles. The number of anilines is 1. The first-order valence-electron chi connectivity index (χ1n) is 12.4. The molecule has 4 fully saturated rings. The van der Waals surface area contributed by atoms with E-state index in [0.29, 0.717) is 0 Å². The minimum absolute atomic E-state index is 0.767. The van der Waals surface area contributed by atoms with Crippen LogP contribution < -0.4 is 4.90 Å². The third-order valence-corrected chi connectivity index (χ3v) is 8.67. The second-order valence-electron chi connectivity index (χ2n) is 10.5. The standard InChI is InChI=1S/C24H36N6/c1-28-16-26-23-22(28)13-25-24(27-23)29-14-18-12-19(15-29)21(11-17-7-3-2-4-8-17)30-10-6-5-9-20(18)30/h13,16-21H,2-12,14-15H2,1H3/t18-,19+,20+,21+/m1/s1. The van der Waals surface area contributed by atoms with Crippen LogP contribution in [0.15, 0.2) is 12.5 Å². The Morgan fingerprint density at radius 1 is 0.967 bits per heavy atom. The summed E-state index contributed by atoms with van der Waals surface area (Å²) in [6, 6.07) is 1.56. The SMILES string of the molecule is Cn1cnc2nc(N3C[C@H]4C[C@@H](C3)[C@H](CC3CCCCC3)N3CCCC[C@@H]43)ncc21. The summed E-state index contributed by atoms with van der Waals surface area (Å²) in [5.41, 5.74) is 1.85. The molecule has 4 atom stereocenters. The van der Waals surface area contributed by atoms with Gasteiger partial charge in [0.05, 0.1) is 12.5 Å². The zero-order valence-corrected chi connectivity index (χ0v) is 18.4. The van der Waals surface area contributed by atoms with Crippen LogP contribution >= 0.6 is 0 Å². The van der Waals surface area contributed by atoms with Crippen molar-refractivity contribution in [3.05, 3.63) is 12.5 Å². The Hall–Kier alpha value is -1.69. The van der Waals surface area contributed by atoms with Crippen LogP contribution in [-0.4, -0.2) is 56.1 Å². The molecule has 1 aliphatic carbocycles. The quantitative estimate of drug-likeness (QED) is 0.768. The van der Waals surface area contributed by atoms with Gasteiger partial charge in [-0.25, -0.2) is 9.97 Å². The zero-order chi connectivity index (χ0) is 20.1. The Morgan fingerprint density at radius 3 is 2.70 bits per heavy atom. The van der Waals surface area contributed by atoms with Gasteiger partial charge in [-0.1, -0.05) is 38.5 Å². The molecule has 2 aromatic rings. The third-order valence-electron chi connectivity index (χ3n) is 8.67. The van der Waals surface area contributed by atoms with Crippen molar-refractivity contribution in [3.63, 3.8) is 0 Å². The molecule has 3 aliphatic heterocycles. The molecule has 0 spiro atoms. The lowest BCUT2D eigenvalue weighted by molar-refractivity contribution is -0.0428. The largest absolute Gasteiger partial charge is 0.340 e. The van der Waals surface area contributed by atoms with E-state index in [0.717, 1.165) is 60.0 Å². The van der Waals surface area contributed by atoms with Crippen LogP contribution in [0.5, 0.6) is 0 Å². The summed E-state index contributed by atoms with van der Waals surface area (Å²) in [6.07, 6.45) is 18.2. The summed E-state index contributed by atoms with van der Waals surface area (Å²) in [4.78, 5) is 19.6. The fourth-order valence-corrected chi connectivity index (χ4v) is 7.22. The first kappa shape index (κ1) is 19.0. The van der Waals surface area contributed by atoms with E-state index in [2.05, 4.69) is 14.8 Å². The first-order valence-corrected chi connectivity index (χ1v) is 12.4. The van der Waals surface area contributed by atoms with Gasteiger partial charge in [0, 0.05) is 32.2 Å². The van der Waals surface area contributed by atoms with Gasteiger partial charge in [-0.15, -0.1) is 0 Å². The minimum atomic E-state index is 0.767. The molecule has 0 amide bonds. The maximum Gasteiger partial charge on any atom is 0.227 e. The maximum absolute atomic E-state index is 4.86. The van der Waals surface area contributed by atoms with Crippen molar-refractivity contribution in [3.8, 4) is 0 Å². The van der Waals surface area contributed by atoms with Gasteiger partial charge in [-0.2, -0.15) is 4.98 Å². The van der Waals surface area contributed by atoms with Crippen LogP contribution in [0.25, 0.3) is 11.2 Å². The van der Waals surface area contributed by atoms with E-state index in [1.807, 2.05) is 24.1 Å². The lowest BCUT2D eigenvalue weighted by atomic mass is 9.69. The molecule has 0 aromatic carbocycles. The van der Waals surface area contributed by atoms with Gasteiger partial charge in [0.1, 0.15) is 5.52 Å². The Morgan fingerprint density at radius 2 is 1.80 bits per heavy atom. The van der Waals surface area contributed by atoms with Crippen molar-refractivity contribution in [1.29, 1.82) is 0 Å². The van der Waals surface area contributed by atoms with Crippen LogP contribution in [-0.2, 0) is 7.05 Å². The van der Waals surface area contributed by atoms with E-state index in [4.69, 9.17) is 9.97 Å². The molecule has 6 nitrogen and oxygen atoms in total. The summed E-state index contributed by atoms with van der Waals surface area (Å²) in [7, 11) is 2.01. The topological polar surface area (TPSA) is 50.1 Å². The maximum atomic E-state index is 4.86. The van der Waals surface area contributed by atoms with Gasteiger partial charge in [-0.05, 0) is 50.0 Å². The van der Waals surface area contributed by atoms with Crippen LogP contribution in [0, 0.1) is 17.8 Å². The monoisotopic (exact) mass is 408 g/mol. The number of nitrogens with zero attached hydrogens (tertiary/aromatic N) is 6. The molecular weight excluding hydrogens is 372 g/mol. The molecule has 162 valence electrons. The van der Waals surface area contributed by atoms with Gasteiger partial charge in [-0.3, -0.25) is 4.90 Å². The average molecular weight is 409 g/mol. The minimum Gasteiger partial charge on any atom is -0.340 e. The normalized spacial score (nSPS) is 33.0. The molecule has 3 saturated heterocycles. The average Bonchev–Trinajstić information content (AvgIpc) is 3.17. The summed E-state index contributed by atoms with van der Waals surface area (Å²) in [5, 5.41) is 0. The molecule has 0 N–H and O–H groups in total. The van der Waals surface area contributed by atoms with Gasteiger partial charge in [0.25, 0.3) is 0 Å². The predicted octanol–water partition coefficient (Wildman–Crippen LogP) is 4.01. The highest BCUT2D eigenvalue weighted by molar-refractivity contribution is 5.70. The Kier molecular flexibility index (Phi) is 4.93. The molecule has 2 aromatic heterocycles. The third kappa shape index (κ3) is 3.31. The number of imidazole rings is 1. The van der Waals surface area contributed by atoms with Gasteiger partial charge in [0.15, 0.2) is 5.65 Å². The van der Waals surface area contributed by atoms with Crippen molar-refractivity contribution in [2.24, 2.45) is 24.8 Å². The fraction of sp³-hybridized carbons (Fsp3) is 0.792. The van der Waals surface area contributed by atoms with E-state index in [1.165, 1.54) is 70.8 Å². The molecule has 6 heteroatoms. The van der Waals surface area contributed by atoms with Gasteiger partial charge < -0.3 is 9.47 Å². The number of fused-ring (bicyclic) bond motifs is 5. The molecule has 30 heavy (non-hydrogen) atoms. The van der Waals surface area contributed by atoms with Crippen molar-refractivity contribution >= 4 is 17.1 Å². The number of rotatable bonds is 3. The van der Waals surface area contributed by atoms with Crippen molar-refractivity contribution in [2.75, 3.05) is 24.5 Å². The number of piperidine rings is 3. The fourth-order valence-electron chi connectivity index (χ4n) is 7.22. The Bertz CT molecular complexity index is 887. The van der Waals surface area contributed by atoms with Gasteiger partial charge in [0.2, 0.25) is 5.95 Å². The molecular formula is C24H36N6. The van der Waals surface area contributed by atoms with Crippen molar-refractivity contribution in [2.45, 2.75) is 76.3 Å². The van der Waals surface area contributed by atoms with Crippen LogP contribution in [0.4, 0.5) is 5.95 Å². The predicted molar refractivity (Wildman–Crippen MR) is 119 cm³/mol. The highest BCUT2D eigenvalue weighted by Crippen LogP contribution is 2.44. The molecule has 6 rings (SSSR count). The number of aryl methyl sites for hydroxylation is 1. The van der Waals surface area contributed by atoms with E-state index in [9.17, 15) is 0 Å². The molecule has 0 unspecified atom stereocenters. The summed E-state index contributed by atoms with van der Waals surface area (Å²) < 4.78 is 2.00. The lowest BCUT2D eigenvalue weighted by Gasteiger charge is -2.57. The molecule has 4 aliphatic rings. The van der Waals surface area contributed by atoms with Crippen LogP contribution in [0.2, 0.25) is 0 Å². The summed E-state index contributed by atoms with van der Waals surface area (Å²) in [5.74, 6) is 3.40. The van der Waals surface area contributed by atoms with Crippen molar-refractivity contribution in [1.82, 2.24) is 24.4 Å². The second-order valence-corrected chi connectivity index (χ2v) is 10.5. The van der Waals surface area contributed by atoms with E-state index in [1.54, 1.807) is 0 Å². The van der Waals surface area contributed by atoms with Gasteiger partial charge >= 0.3 is 0 Å². The van der Waals surface area contributed by atoms with Crippen LogP contribution in [0.3, 0.4) is 0 Å². The lowest BCUT2D eigenvalue weighted by Crippen LogP contribution is -2.64. The number of hydrogen-bond acceptors (Lipinski definition) is 5. The molecule has 2 bridgehead atoms. The summed E-state index contributed by atoms with van der Waals surface area (Å²) in [6.45, 7) is 3.58. The molecule has 0 radical (unpaired) electrons.